The third-order valence-electron chi connectivity index (χ3n) is 4.80. The third-order valence-corrected chi connectivity index (χ3v) is 4.80. The van der Waals surface area contributed by atoms with Crippen molar-refractivity contribution < 1.29 is 9.31 Å². The Hall–Kier alpha value is -0.995. The van der Waals surface area contributed by atoms with Gasteiger partial charge < -0.3 is 14.2 Å². The Morgan fingerprint density at radius 2 is 1.74 bits per heavy atom. The molecule has 0 saturated carbocycles. The number of hydrogen-bond acceptors (Lipinski definition) is 3. The zero-order valence-corrected chi connectivity index (χ0v) is 12.5. The number of nitrogens with zero attached hydrogens (tertiary/aromatic N) is 1. The molecule has 1 saturated heterocycles. The summed E-state index contributed by atoms with van der Waals surface area (Å²) in [5.74, 6) is 0. The van der Waals surface area contributed by atoms with Gasteiger partial charge in [-0.25, -0.2) is 0 Å². The molecule has 0 aliphatic carbocycles. The Kier molecular flexibility index (Phi) is 2.74. The van der Waals surface area contributed by atoms with Crippen molar-refractivity contribution in [2.45, 2.75) is 45.3 Å². The summed E-state index contributed by atoms with van der Waals surface area (Å²) in [5.41, 5.74) is 3.34. The molecule has 1 aromatic carbocycles. The maximum Gasteiger partial charge on any atom is 0.495 e. The summed E-state index contributed by atoms with van der Waals surface area (Å²) in [6.45, 7) is 9.47. The van der Waals surface area contributed by atoms with Gasteiger partial charge in [-0.15, -0.1) is 0 Å². The first kappa shape index (κ1) is 13.0. The summed E-state index contributed by atoms with van der Waals surface area (Å²) >= 11 is 0. The molecule has 0 unspecified atom stereocenters. The molecule has 0 aromatic heterocycles. The van der Waals surface area contributed by atoms with E-state index in [1.165, 1.54) is 16.7 Å². The van der Waals surface area contributed by atoms with Crippen molar-refractivity contribution in [3.8, 4) is 0 Å². The van der Waals surface area contributed by atoms with E-state index in [0.717, 1.165) is 13.0 Å². The SMILES string of the molecule is CN1CCc2c(B3OC(C)(C)C(C)(C)O3)cccc21. The fraction of sp³-hybridized carbons (Fsp3) is 0.600. The zero-order chi connectivity index (χ0) is 13.8. The molecule has 0 spiro atoms. The van der Waals surface area contributed by atoms with Crippen molar-refractivity contribution in [1.29, 1.82) is 0 Å². The average Bonchev–Trinajstić information content (AvgIpc) is 2.78. The standard InChI is InChI=1S/C15H22BNO2/c1-14(2)15(3,4)19-16(18-14)12-7-6-8-13-11(12)9-10-17(13)5/h6-8H,9-10H2,1-5H3. The molecule has 2 aliphatic heterocycles. The molecule has 3 nitrogen and oxygen atoms in total. The minimum absolute atomic E-state index is 0.244. The molecule has 102 valence electrons. The number of rotatable bonds is 1. The van der Waals surface area contributed by atoms with Crippen molar-refractivity contribution in [3.63, 3.8) is 0 Å². The topological polar surface area (TPSA) is 21.7 Å². The molecule has 1 fully saturated rings. The van der Waals surface area contributed by atoms with E-state index in [-0.39, 0.29) is 18.3 Å². The molecule has 2 aliphatic rings. The van der Waals surface area contributed by atoms with E-state index in [1.54, 1.807) is 0 Å². The Balaban J connectivity index is 1.98. The van der Waals surface area contributed by atoms with Crippen molar-refractivity contribution >= 4 is 18.3 Å². The van der Waals surface area contributed by atoms with Crippen molar-refractivity contribution in [2.24, 2.45) is 0 Å². The molecule has 19 heavy (non-hydrogen) atoms. The van der Waals surface area contributed by atoms with Crippen LogP contribution in [-0.2, 0) is 15.7 Å². The highest BCUT2D eigenvalue weighted by Gasteiger charge is 2.52. The van der Waals surface area contributed by atoms with Crippen LogP contribution >= 0.6 is 0 Å². The van der Waals surface area contributed by atoms with Crippen LogP contribution in [0.2, 0.25) is 0 Å². The fourth-order valence-electron chi connectivity index (χ4n) is 2.81. The molecule has 0 radical (unpaired) electrons. The van der Waals surface area contributed by atoms with Gasteiger partial charge in [-0.05, 0) is 51.2 Å². The van der Waals surface area contributed by atoms with Crippen LogP contribution in [0.15, 0.2) is 18.2 Å². The lowest BCUT2D eigenvalue weighted by atomic mass is 9.75. The van der Waals surface area contributed by atoms with Gasteiger partial charge in [0.05, 0.1) is 11.2 Å². The van der Waals surface area contributed by atoms with Crippen LogP contribution in [0.3, 0.4) is 0 Å². The summed E-state index contributed by atoms with van der Waals surface area (Å²) in [6, 6.07) is 6.41. The summed E-state index contributed by atoms with van der Waals surface area (Å²) in [6.07, 6.45) is 1.08. The van der Waals surface area contributed by atoms with Crippen LogP contribution in [0.25, 0.3) is 0 Å². The number of likely N-dealkylation sites (N-methyl/N-ethyl adjacent to an activating group) is 1. The quantitative estimate of drug-likeness (QED) is 0.720. The first-order valence-electron chi connectivity index (χ1n) is 7.00. The Labute approximate surface area is 116 Å². The molecule has 1 aromatic rings. The smallest absolute Gasteiger partial charge is 0.399 e. The summed E-state index contributed by atoms with van der Waals surface area (Å²) < 4.78 is 12.3. The van der Waals surface area contributed by atoms with Gasteiger partial charge >= 0.3 is 7.12 Å². The van der Waals surface area contributed by atoms with Gasteiger partial charge in [0, 0.05) is 19.3 Å². The second-order valence-electron chi connectivity index (χ2n) is 6.60. The fourth-order valence-corrected chi connectivity index (χ4v) is 2.81. The third kappa shape index (κ3) is 1.89. The molecule has 0 atom stereocenters. The molecule has 4 heteroatoms. The van der Waals surface area contributed by atoms with E-state index in [9.17, 15) is 0 Å². The highest BCUT2D eigenvalue weighted by Crippen LogP contribution is 2.37. The summed E-state index contributed by atoms with van der Waals surface area (Å²) in [5, 5.41) is 0. The molecular weight excluding hydrogens is 237 g/mol. The van der Waals surface area contributed by atoms with Crippen LogP contribution in [0.5, 0.6) is 0 Å². The molecule has 3 rings (SSSR count). The molecule has 2 heterocycles. The van der Waals surface area contributed by atoms with Crippen LogP contribution in [0.4, 0.5) is 5.69 Å². The van der Waals surface area contributed by atoms with Crippen molar-refractivity contribution in [1.82, 2.24) is 0 Å². The van der Waals surface area contributed by atoms with Crippen LogP contribution in [-0.4, -0.2) is 31.9 Å². The van der Waals surface area contributed by atoms with Crippen molar-refractivity contribution in [2.75, 3.05) is 18.5 Å². The molecule has 0 amide bonds. The predicted octanol–water partition coefficient (Wildman–Crippen LogP) is 1.98. The highest BCUT2D eigenvalue weighted by molar-refractivity contribution is 6.62. The van der Waals surface area contributed by atoms with Gasteiger partial charge in [0.15, 0.2) is 0 Å². The Morgan fingerprint density at radius 3 is 2.37 bits per heavy atom. The Morgan fingerprint density at radius 1 is 1.11 bits per heavy atom. The minimum Gasteiger partial charge on any atom is -0.399 e. The van der Waals surface area contributed by atoms with Gasteiger partial charge in [-0.3, -0.25) is 0 Å². The second kappa shape index (κ2) is 4.00. The number of anilines is 1. The Bertz CT molecular complexity index is 497. The van der Waals surface area contributed by atoms with E-state index >= 15 is 0 Å². The van der Waals surface area contributed by atoms with E-state index in [1.807, 2.05) is 0 Å². The van der Waals surface area contributed by atoms with Gasteiger partial charge in [0.1, 0.15) is 0 Å². The van der Waals surface area contributed by atoms with Crippen LogP contribution in [0, 0.1) is 0 Å². The summed E-state index contributed by atoms with van der Waals surface area (Å²) in [7, 11) is 1.89. The average molecular weight is 259 g/mol. The van der Waals surface area contributed by atoms with E-state index in [4.69, 9.17) is 9.31 Å². The van der Waals surface area contributed by atoms with Gasteiger partial charge in [-0.2, -0.15) is 0 Å². The first-order valence-corrected chi connectivity index (χ1v) is 7.00. The van der Waals surface area contributed by atoms with E-state index in [2.05, 4.69) is 57.8 Å². The monoisotopic (exact) mass is 259 g/mol. The van der Waals surface area contributed by atoms with Crippen LogP contribution in [0.1, 0.15) is 33.3 Å². The minimum atomic E-state index is -0.273. The highest BCUT2D eigenvalue weighted by atomic mass is 16.7. The number of benzene rings is 1. The molecule has 0 bridgehead atoms. The van der Waals surface area contributed by atoms with Gasteiger partial charge in [0.2, 0.25) is 0 Å². The van der Waals surface area contributed by atoms with Gasteiger partial charge in [0.25, 0.3) is 0 Å². The van der Waals surface area contributed by atoms with E-state index < -0.39 is 0 Å². The van der Waals surface area contributed by atoms with Crippen LogP contribution < -0.4 is 10.4 Å². The number of fused-ring (bicyclic) bond motifs is 1. The van der Waals surface area contributed by atoms with Gasteiger partial charge in [-0.1, -0.05) is 12.1 Å². The zero-order valence-electron chi connectivity index (χ0n) is 12.5. The molecule has 0 N–H and O–H groups in total. The molecular formula is C15H22BNO2. The number of hydrogen-bond donors (Lipinski definition) is 0. The maximum atomic E-state index is 6.17. The predicted molar refractivity (Wildman–Crippen MR) is 79.1 cm³/mol. The lowest BCUT2D eigenvalue weighted by Gasteiger charge is -2.32. The van der Waals surface area contributed by atoms with Crippen molar-refractivity contribution in [3.05, 3.63) is 23.8 Å². The summed E-state index contributed by atoms with van der Waals surface area (Å²) in [4.78, 5) is 2.30. The maximum absolute atomic E-state index is 6.17. The largest absolute Gasteiger partial charge is 0.495 e. The first-order chi connectivity index (χ1) is 8.82. The second-order valence-corrected chi connectivity index (χ2v) is 6.60. The normalized spacial score (nSPS) is 23.8. The lowest BCUT2D eigenvalue weighted by Crippen LogP contribution is -2.41. The lowest BCUT2D eigenvalue weighted by molar-refractivity contribution is 0.00578. The van der Waals surface area contributed by atoms with E-state index in [0.29, 0.717) is 0 Å².